The highest BCUT2D eigenvalue weighted by atomic mass is 16.6. The number of allylic oxidation sites excluding steroid dienone is 4. The van der Waals surface area contributed by atoms with Crippen molar-refractivity contribution < 1.29 is 19.1 Å². The van der Waals surface area contributed by atoms with Crippen molar-refractivity contribution in [3.63, 3.8) is 0 Å². The van der Waals surface area contributed by atoms with Crippen LogP contribution in [-0.2, 0) is 19.1 Å². The van der Waals surface area contributed by atoms with E-state index in [1.165, 1.54) is 11.1 Å². The van der Waals surface area contributed by atoms with Crippen LogP contribution in [0, 0.1) is 71.0 Å². The van der Waals surface area contributed by atoms with E-state index in [2.05, 4.69) is 120 Å². The van der Waals surface area contributed by atoms with Crippen LogP contribution < -0.4 is 0 Å². The predicted octanol–water partition coefficient (Wildman–Crippen LogP) is 9.37. The first-order valence-corrected chi connectivity index (χ1v) is 17.3. The van der Waals surface area contributed by atoms with E-state index in [0.29, 0.717) is 23.7 Å². The monoisotopic (exact) mass is 592 g/mol. The van der Waals surface area contributed by atoms with E-state index in [1.807, 2.05) is 0 Å². The summed E-state index contributed by atoms with van der Waals surface area (Å²) >= 11 is 0. The van der Waals surface area contributed by atoms with Crippen LogP contribution in [0.25, 0.3) is 0 Å². The second kappa shape index (κ2) is 12.7. The lowest BCUT2D eigenvalue weighted by Gasteiger charge is -2.48. The first-order chi connectivity index (χ1) is 20.1. The first-order valence-electron chi connectivity index (χ1n) is 17.3. The normalized spacial score (nSPS) is 35.5. The molecule has 0 N–H and O–H groups in total. The van der Waals surface area contributed by atoms with Gasteiger partial charge >= 0.3 is 11.9 Å². The Morgan fingerprint density at radius 1 is 0.628 bits per heavy atom. The fraction of sp³-hybridized carbons (Fsp3) is 0.744. The van der Waals surface area contributed by atoms with Gasteiger partial charge in [0.15, 0.2) is 0 Å². The molecule has 0 aromatic heterocycles. The Hall–Kier alpha value is -2.10. The van der Waals surface area contributed by atoms with Gasteiger partial charge in [-0.15, -0.1) is 0 Å². The van der Waals surface area contributed by atoms with Gasteiger partial charge in [0.1, 0.15) is 11.2 Å². The fourth-order valence-electron chi connectivity index (χ4n) is 9.46. The third-order valence-corrected chi connectivity index (χ3v) is 11.5. The Balaban J connectivity index is 1.68. The van der Waals surface area contributed by atoms with Gasteiger partial charge in [-0.1, -0.05) is 119 Å². The van der Waals surface area contributed by atoms with Gasteiger partial charge in [-0.05, 0) is 78.8 Å². The molecule has 0 saturated heterocycles. The lowest BCUT2D eigenvalue weighted by atomic mass is 9.64. The molecule has 2 bridgehead atoms. The molecule has 4 aliphatic carbocycles. The summed E-state index contributed by atoms with van der Waals surface area (Å²) in [7, 11) is 0. The van der Waals surface area contributed by atoms with Crippen molar-refractivity contribution in [2.24, 2.45) is 71.0 Å². The SMILES string of the molecule is CC(C)C1=CC=CC(OC(=O)C2C3CCC(C3)C2C(=O)OC2(C(C)C)C=CC=C(C(C)C)C2C(C)C)(C(C)C)C1C(C)C. The molecule has 8 atom stereocenters. The average Bonchev–Trinajstić information content (AvgIpc) is 3.54. The molecular weight excluding hydrogens is 532 g/mol. The number of hydrogen-bond donors (Lipinski definition) is 0. The van der Waals surface area contributed by atoms with Crippen LogP contribution in [-0.4, -0.2) is 23.1 Å². The maximum atomic E-state index is 14.5. The quantitative estimate of drug-likeness (QED) is 0.237. The van der Waals surface area contributed by atoms with Crippen LogP contribution in [0.1, 0.15) is 102 Å². The number of hydrogen-bond acceptors (Lipinski definition) is 4. The van der Waals surface area contributed by atoms with E-state index in [0.717, 1.165) is 19.3 Å². The van der Waals surface area contributed by atoms with E-state index in [1.54, 1.807) is 0 Å². The molecule has 240 valence electrons. The van der Waals surface area contributed by atoms with Gasteiger partial charge in [-0.2, -0.15) is 0 Å². The Bertz CT molecular complexity index is 1070. The fourth-order valence-corrected chi connectivity index (χ4v) is 9.46. The third kappa shape index (κ3) is 5.86. The first kappa shape index (κ1) is 33.8. The molecule has 0 amide bonds. The van der Waals surface area contributed by atoms with Crippen LogP contribution in [0.4, 0.5) is 0 Å². The topological polar surface area (TPSA) is 52.6 Å². The molecule has 0 aliphatic heterocycles. The zero-order valence-electron chi connectivity index (χ0n) is 29.1. The minimum atomic E-state index is -0.735. The van der Waals surface area contributed by atoms with Gasteiger partial charge in [0, 0.05) is 11.8 Å². The second-order valence-electron chi connectivity index (χ2n) is 16.0. The summed E-state index contributed by atoms with van der Waals surface area (Å²) in [5.41, 5.74) is 1.20. The lowest BCUT2D eigenvalue weighted by Crippen LogP contribution is -2.53. The number of rotatable bonds is 10. The Kier molecular flexibility index (Phi) is 9.99. The Morgan fingerprint density at radius 2 is 0.977 bits per heavy atom. The van der Waals surface area contributed by atoms with E-state index in [4.69, 9.17) is 9.47 Å². The number of carbonyl (C=O) groups excluding carboxylic acids is 2. The molecule has 0 aromatic carbocycles. The maximum Gasteiger partial charge on any atom is 0.311 e. The van der Waals surface area contributed by atoms with Crippen molar-refractivity contribution in [1.29, 1.82) is 0 Å². The van der Waals surface area contributed by atoms with Gasteiger partial charge in [0.25, 0.3) is 0 Å². The van der Waals surface area contributed by atoms with Crippen molar-refractivity contribution in [3.05, 3.63) is 47.6 Å². The second-order valence-corrected chi connectivity index (χ2v) is 16.0. The Morgan fingerprint density at radius 3 is 1.26 bits per heavy atom. The average molecular weight is 593 g/mol. The number of esters is 2. The van der Waals surface area contributed by atoms with Crippen molar-refractivity contribution in [2.75, 3.05) is 0 Å². The highest BCUT2D eigenvalue weighted by Gasteiger charge is 2.59. The zero-order chi connectivity index (χ0) is 32.0. The van der Waals surface area contributed by atoms with Gasteiger partial charge in [0.2, 0.25) is 0 Å². The summed E-state index contributed by atoms with van der Waals surface area (Å²) in [5.74, 6) is 0.719. The van der Waals surface area contributed by atoms with Crippen LogP contribution in [0.15, 0.2) is 47.6 Å². The van der Waals surface area contributed by atoms with E-state index >= 15 is 0 Å². The van der Waals surface area contributed by atoms with Crippen LogP contribution in [0.3, 0.4) is 0 Å². The van der Waals surface area contributed by atoms with Gasteiger partial charge in [-0.3, -0.25) is 9.59 Å². The summed E-state index contributed by atoms with van der Waals surface area (Å²) in [6, 6.07) is 0. The molecule has 2 saturated carbocycles. The minimum absolute atomic E-state index is 0.0927. The van der Waals surface area contributed by atoms with Crippen LogP contribution >= 0.6 is 0 Å². The summed E-state index contributed by atoms with van der Waals surface area (Å²) in [6.45, 7) is 26.5. The third-order valence-electron chi connectivity index (χ3n) is 11.5. The highest BCUT2D eigenvalue weighted by molar-refractivity contribution is 5.84. The smallest absolute Gasteiger partial charge is 0.311 e. The van der Waals surface area contributed by atoms with Crippen molar-refractivity contribution in [2.45, 2.75) is 114 Å². The molecule has 4 rings (SSSR count). The molecule has 0 aromatic rings. The van der Waals surface area contributed by atoms with Crippen LogP contribution in [0.5, 0.6) is 0 Å². The molecule has 0 radical (unpaired) electrons. The molecule has 4 heteroatoms. The van der Waals surface area contributed by atoms with Crippen molar-refractivity contribution >= 4 is 11.9 Å². The van der Waals surface area contributed by atoms with Crippen LogP contribution in [0.2, 0.25) is 0 Å². The number of fused-ring (bicyclic) bond motifs is 2. The Labute approximate surface area is 262 Å². The molecular formula is C39H60O4. The molecule has 4 nitrogen and oxygen atoms in total. The standard InChI is InChI=1S/C39H60O4/c1-22(2)30-15-13-19-38(26(9)10,34(30)24(5)6)42-36(40)32-28-17-18-29(21-28)33(32)37(41)43-39(27(11)12)20-14-16-31(23(3)4)35(39)25(7)8/h13-16,19-20,22-29,32-35H,17-18,21H2,1-12H3. The van der Waals surface area contributed by atoms with E-state index in [-0.39, 0.29) is 47.4 Å². The lowest BCUT2D eigenvalue weighted by molar-refractivity contribution is -0.186. The molecule has 8 unspecified atom stereocenters. The molecule has 43 heavy (non-hydrogen) atoms. The van der Waals surface area contributed by atoms with Gasteiger partial charge < -0.3 is 9.47 Å². The van der Waals surface area contributed by atoms with E-state index in [9.17, 15) is 9.59 Å². The summed E-state index contributed by atoms with van der Waals surface area (Å²) in [5, 5.41) is 0. The minimum Gasteiger partial charge on any atom is -0.454 e. The zero-order valence-corrected chi connectivity index (χ0v) is 29.1. The summed E-state index contributed by atoms with van der Waals surface area (Å²) in [6.07, 6.45) is 15.7. The summed E-state index contributed by atoms with van der Waals surface area (Å²) in [4.78, 5) is 29.0. The molecule has 4 aliphatic rings. The van der Waals surface area contributed by atoms with Crippen molar-refractivity contribution in [3.8, 4) is 0 Å². The van der Waals surface area contributed by atoms with Crippen molar-refractivity contribution in [1.82, 2.24) is 0 Å². The largest absolute Gasteiger partial charge is 0.454 e. The van der Waals surface area contributed by atoms with Gasteiger partial charge in [0.05, 0.1) is 11.8 Å². The van der Waals surface area contributed by atoms with E-state index < -0.39 is 23.0 Å². The predicted molar refractivity (Wildman–Crippen MR) is 176 cm³/mol. The molecule has 0 heterocycles. The summed E-state index contributed by atoms with van der Waals surface area (Å²) < 4.78 is 13.6. The highest BCUT2D eigenvalue weighted by Crippen LogP contribution is 2.56. The molecule has 2 fully saturated rings. The molecule has 0 spiro atoms. The number of ether oxygens (including phenoxy) is 2. The van der Waals surface area contributed by atoms with Gasteiger partial charge in [-0.25, -0.2) is 0 Å². The number of carbonyl (C=O) groups is 2. The maximum absolute atomic E-state index is 14.5.